The summed E-state index contributed by atoms with van der Waals surface area (Å²) in [7, 11) is 0. The van der Waals surface area contributed by atoms with Gasteiger partial charge in [0.05, 0.1) is 11.4 Å². The van der Waals surface area contributed by atoms with Gasteiger partial charge in [-0.15, -0.1) is 0 Å². The predicted molar refractivity (Wildman–Crippen MR) is 236 cm³/mol. The Morgan fingerprint density at radius 2 is 0.552 bits per heavy atom. The Hall–Kier alpha value is -7.89. The summed E-state index contributed by atoms with van der Waals surface area (Å²) in [5.41, 5.74) is 12.0. The van der Waals surface area contributed by atoms with Crippen LogP contribution in [0.1, 0.15) is 0 Å². The highest BCUT2D eigenvalue weighted by Gasteiger charge is 2.15. The number of hydrogen-bond donors (Lipinski definition) is 0. The Balaban J connectivity index is 0.998. The van der Waals surface area contributed by atoms with Gasteiger partial charge in [-0.25, -0.2) is 24.9 Å². The molecule has 10 rings (SSSR count). The third kappa shape index (κ3) is 7.16. The zero-order chi connectivity index (χ0) is 38.7. The third-order valence-electron chi connectivity index (χ3n) is 10.4. The highest BCUT2D eigenvalue weighted by molar-refractivity contribution is 5.87. The quantitative estimate of drug-likeness (QED) is 0.155. The molecule has 0 N–H and O–H groups in total. The predicted octanol–water partition coefficient (Wildman–Crippen LogP) is 13.2. The fourth-order valence-corrected chi connectivity index (χ4v) is 7.27. The Labute approximate surface area is 337 Å². The molecule has 272 valence electrons. The minimum absolute atomic E-state index is 0.616. The molecule has 0 aliphatic heterocycles. The number of hydrogen-bond acceptors (Lipinski definition) is 5. The number of benzene rings is 8. The van der Waals surface area contributed by atoms with Gasteiger partial charge in [-0.1, -0.05) is 194 Å². The van der Waals surface area contributed by atoms with Crippen molar-refractivity contribution in [2.75, 3.05) is 0 Å². The fourth-order valence-electron chi connectivity index (χ4n) is 7.27. The first-order chi connectivity index (χ1) is 28.7. The first-order valence-electron chi connectivity index (χ1n) is 19.3. The van der Waals surface area contributed by atoms with Gasteiger partial charge in [-0.05, 0) is 51.2 Å². The van der Waals surface area contributed by atoms with Crippen LogP contribution in [0, 0.1) is 0 Å². The molecule has 0 saturated carbocycles. The maximum absolute atomic E-state index is 5.12. The zero-order valence-corrected chi connectivity index (χ0v) is 31.4. The summed E-state index contributed by atoms with van der Waals surface area (Å²) in [6.07, 6.45) is 0. The average Bonchev–Trinajstić information content (AvgIpc) is 3.32. The van der Waals surface area contributed by atoms with Gasteiger partial charge >= 0.3 is 0 Å². The maximum atomic E-state index is 5.12. The fraction of sp³-hybridized carbons (Fsp3) is 0. The first-order valence-corrected chi connectivity index (χ1v) is 19.3. The van der Waals surface area contributed by atoms with Crippen LogP contribution in [0.5, 0.6) is 0 Å². The van der Waals surface area contributed by atoms with Crippen LogP contribution in [0.25, 0.3) is 101 Å². The van der Waals surface area contributed by atoms with E-state index < -0.39 is 0 Å². The van der Waals surface area contributed by atoms with E-state index >= 15 is 0 Å². The minimum Gasteiger partial charge on any atom is -0.228 e. The van der Waals surface area contributed by atoms with Gasteiger partial charge in [0.15, 0.2) is 23.3 Å². The van der Waals surface area contributed by atoms with Crippen LogP contribution in [0.15, 0.2) is 212 Å². The molecule has 0 aliphatic carbocycles. The van der Waals surface area contributed by atoms with Crippen molar-refractivity contribution < 1.29 is 0 Å². The molecule has 10 aromatic rings. The van der Waals surface area contributed by atoms with Gasteiger partial charge in [0.1, 0.15) is 0 Å². The molecule has 0 atom stereocenters. The molecule has 0 saturated heterocycles. The van der Waals surface area contributed by atoms with Crippen molar-refractivity contribution in [1.29, 1.82) is 0 Å². The molecule has 0 radical (unpaired) electrons. The van der Waals surface area contributed by atoms with Crippen LogP contribution in [-0.4, -0.2) is 24.9 Å². The van der Waals surface area contributed by atoms with Crippen molar-refractivity contribution in [3.05, 3.63) is 212 Å². The van der Waals surface area contributed by atoms with E-state index in [1.54, 1.807) is 0 Å². The molecule has 0 aliphatic rings. The van der Waals surface area contributed by atoms with Crippen LogP contribution >= 0.6 is 0 Å². The van der Waals surface area contributed by atoms with Crippen LogP contribution < -0.4 is 0 Å². The van der Waals surface area contributed by atoms with E-state index in [4.69, 9.17) is 24.9 Å². The molecular formula is C53H35N5. The first kappa shape index (κ1) is 34.6. The SMILES string of the molecule is c1ccc(-c2ccc(-c3nc(-c4ccccc4)nc(-c4cccc(-c5ccc(-c6cc(-c7ccccc7)nc(-c7ccc8ccccc8c7)n6)cc5)c4)n3)cc2)cc1. The van der Waals surface area contributed by atoms with Crippen molar-refractivity contribution in [1.82, 2.24) is 24.9 Å². The molecule has 0 amide bonds. The van der Waals surface area contributed by atoms with Crippen molar-refractivity contribution in [2.24, 2.45) is 0 Å². The highest BCUT2D eigenvalue weighted by Crippen LogP contribution is 2.33. The summed E-state index contributed by atoms with van der Waals surface area (Å²) in [4.78, 5) is 25.2. The molecule has 0 unspecified atom stereocenters. The summed E-state index contributed by atoms with van der Waals surface area (Å²) in [5, 5.41) is 2.34. The molecule has 0 bridgehead atoms. The molecule has 0 fully saturated rings. The lowest BCUT2D eigenvalue weighted by Gasteiger charge is -2.11. The Morgan fingerprint density at radius 1 is 0.190 bits per heavy atom. The molecule has 5 heteroatoms. The maximum Gasteiger partial charge on any atom is 0.164 e. The molecule has 0 spiro atoms. The topological polar surface area (TPSA) is 64.5 Å². The molecule has 2 heterocycles. The van der Waals surface area contributed by atoms with Gasteiger partial charge in [0, 0.05) is 33.4 Å². The second kappa shape index (κ2) is 15.3. The van der Waals surface area contributed by atoms with Gasteiger partial charge in [-0.3, -0.25) is 0 Å². The van der Waals surface area contributed by atoms with Gasteiger partial charge in [-0.2, -0.15) is 0 Å². The van der Waals surface area contributed by atoms with Crippen LogP contribution in [0.2, 0.25) is 0 Å². The van der Waals surface area contributed by atoms with E-state index in [0.29, 0.717) is 23.3 Å². The molecular weight excluding hydrogens is 707 g/mol. The number of fused-ring (bicyclic) bond motifs is 1. The lowest BCUT2D eigenvalue weighted by molar-refractivity contribution is 1.07. The number of nitrogens with zero attached hydrogens (tertiary/aromatic N) is 5. The highest BCUT2D eigenvalue weighted by atomic mass is 15.0. The minimum atomic E-state index is 0.616. The van der Waals surface area contributed by atoms with Crippen LogP contribution in [0.3, 0.4) is 0 Å². The number of rotatable bonds is 8. The van der Waals surface area contributed by atoms with Gasteiger partial charge < -0.3 is 0 Å². The smallest absolute Gasteiger partial charge is 0.164 e. The second-order valence-corrected chi connectivity index (χ2v) is 14.2. The second-order valence-electron chi connectivity index (χ2n) is 14.2. The molecule has 5 nitrogen and oxygen atoms in total. The summed E-state index contributed by atoms with van der Waals surface area (Å²) >= 11 is 0. The van der Waals surface area contributed by atoms with Crippen molar-refractivity contribution >= 4 is 10.8 Å². The molecule has 2 aromatic heterocycles. The van der Waals surface area contributed by atoms with Crippen LogP contribution in [-0.2, 0) is 0 Å². The Bertz CT molecular complexity index is 3020. The normalized spacial score (nSPS) is 11.1. The summed E-state index contributed by atoms with van der Waals surface area (Å²) in [5.74, 6) is 2.56. The van der Waals surface area contributed by atoms with E-state index in [-0.39, 0.29) is 0 Å². The van der Waals surface area contributed by atoms with E-state index in [1.165, 1.54) is 10.9 Å². The summed E-state index contributed by atoms with van der Waals surface area (Å²) < 4.78 is 0. The Morgan fingerprint density at radius 3 is 1.19 bits per heavy atom. The van der Waals surface area contributed by atoms with Crippen molar-refractivity contribution in [2.45, 2.75) is 0 Å². The molecule has 58 heavy (non-hydrogen) atoms. The monoisotopic (exact) mass is 741 g/mol. The van der Waals surface area contributed by atoms with Gasteiger partial charge in [0.2, 0.25) is 0 Å². The lowest BCUT2D eigenvalue weighted by Crippen LogP contribution is -2.00. The van der Waals surface area contributed by atoms with E-state index in [1.807, 2.05) is 54.6 Å². The van der Waals surface area contributed by atoms with E-state index in [0.717, 1.165) is 66.8 Å². The largest absolute Gasteiger partial charge is 0.228 e. The van der Waals surface area contributed by atoms with Crippen molar-refractivity contribution in [3.63, 3.8) is 0 Å². The van der Waals surface area contributed by atoms with Gasteiger partial charge in [0.25, 0.3) is 0 Å². The molecule has 8 aromatic carbocycles. The third-order valence-corrected chi connectivity index (χ3v) is 10.4. The van der Waals surface area contributed by atoms with Crippen molar-refractivity contribution in [3.8, 4) is 90.3 Å². The number of aromatic nitrogens is 5. The standard InChI is InChI=1S/C53H35N5/c1-4-13-36(14-5-1)38-25-30-43(31-26-38)51-56-50(42-18-8-3-9-19-42)57-53(58-51)46-22-12-21-45(33-46)39-23-28-41(29-24-39)49-35-48(40-16-6-2-7-17-40)54-52(55-49)47-32-27-37-15-10-11-20-44(37)34-47/h1-35H. The lowest BCUT2D eigenvalue weighted by atomic mass is 10.00. The van der Waals surface area contributed by atoms with E-state index in [2.05, 4.69) is 158 Å². The van der Waals surface area contributed by atoms with E-state index in [9.17, 15) is 0 Å². The zero-order valence-electron chi connectivity index (χ0n) is 31.4. The summed E-state index contributed by atoms with van der Waals surface area (Å²) in [6, 6.07) is 73.0. The Kier molecular flexibility index (Phi) is 9.14. The van der Waals surface area contributed by atoms with Crippen LogP contribution in [0.4, 0.5) is 0 Å². The average molecular weight is 742 g/mol. The summed E-state index contributed by atoms with van der Waals surface area (Å²) in [6.45, 7) is 0.